The van der Waals surface area contributed by atoms with Crippen LogP contribution in [0.4, 0.5) is 5.13 Å². The summed E-state index contributed by atoms with van der Waals surface area (Å²) in [5, 5.41) is 12.5. The summed E-state index contributed by atoms with van der Waals surface area (Å²) in [6.45, 7) is 0.638. The summed E-state index contributed by atoms with van der Waals surface area (Å²) in [4.78, 5) is 26.3. The van der Waals surface area contributed by atoms with Crippen molar-refractivity contribution in [3.63, 3.8) is 0 Å². The summed E-state index contributed by atoms with van der Waals surface area (Å²) in [7, 11) is 0. The van der Waals surface area contributed by atoms with Gasteiger partial charge in [0, 0.05) is 19.4 Å². The van der Waals surface area contributed by atoms with Gasteiger partial charge in [-0.1, -0.05) is 41.7 Å². The fraction of sp³-hybridized carbons (Fsp3) is 0.263. The maximum atomic E-state index is 12.4. The van der Waals surface area contributed by atoms with Gasteiger partial charge in [0.25, 0.3) is 0 Å². The molecule has 0 radical (unpaired) electrons. The van der Waals surface area contributed by atoms with E-state index >= 15 is 0 Å². The van der Waals surface area contributed by atoms with Crippen molar-refractivity contribution >= 4 is 28.3 Å². The molecular formula is C19H18N4O3S. The molecule has 27 heavy (non-hydrogen) atoms. The highest BCUT2D eigenvalue weighted by molar-refractivity contribution is 7.15. The molecule has 1 N–H and O–H groups in total. The second kappa shape index (κ2) is 7.71. The van der Waals surface area contributed by atoms with Crippen LogP contribution in [-0.2, 0) is 22.6 Å². The van der Waals surface area contributed by atoms with E-state index in [0.717, 1.165) is 10.6 Å². The van der Waals surface area contributed by atoms with Crippen LogP contribution in [0.3, 0.4) is 0 Å². The minimum atomic E-state index is -0.395. The number of hydrogen-bond donors (Lipinski definition) is 1. The number of anilines is 1. The predicted molar refractivity (Wildman–Crippen MR) is 100 cm³/mol. The Morgan fingerprint density at radius 2 is 2.07 bits per heavy atom. The first-order valence-electron chi connectivity index (χ1n) is 8.66. The van der Waals surface area contributed by atoms with E-state index in [1.54, 1.807) is 23.3 Å². The minimum Gasteiger partial charge on any atom is -0.467 e. The number of nitrogens with one attached hydrogen (secondary N) is 1. The van der Waals surface area contributed by atoms with E-state index < -0.39 is 5.92 Å². The van der Waals surface area contributed by atoms with Gasteiger partial charge in [-0.25, -0.2) is 0 Å². The number of benzene rings is 1. The highest BCUT2D eigenvalue weighted by atomic mass is 32.1. The van der Waals surface area contributed by atoms with E-state index in [-0.39, 0.29) is 18.2 Å². The first kappa shape index (κ1) is 17.4. The summed E-state index contributed by atoms with van der Waals surface area (Å²) in [6, 6.07) is 13.5. The molecule has 1 aliphatic rings. The summed E-state index contributed by atoms with van der Waals surface area (Å²) < 4.78 is 5.20. The fourth-order valence-electron chi connectivity index (χ4n) is 3.00. The van der Waals surface area contributed by atoms with Crippen molar-refractivity contribution in [3.8, 4) is 0 Å². The lowest BCUT2D eigenvalue weighted by Gasteiger charge is -2.12. The van der Waals surface area contributed by atoms with Gasteiger partial charge in [0.05, 0.1) is 18.7 Å². The summed E-state index contributed by atoms with van der Waals surface area (Å²) in [6.07, 6.45) is 2.41. The minimum absolute atomic E-state index is 0.101. The molecular weight excluding hydrogens is 364 g/mol. The zero-order valence-electron chi connectivity index (χ0n) is 14.5. The number of furan rings is 1. The van der Waals surface area contributed by atoms with Crippen LogP contribution in [0.2, 0.25) is 0 Å². The Morgan fingerprint density at radius 3 is 2.85 bits per heavy atom. The molecule has 8 heteroatoms. The van der Waals surface area contributed by atoms with Crippen LogP contribution in [0, 0.1) is 5.92 Å². The van der Waals surface area contributed by atoms with Gasteiger partial charge in [0.2, 0.25) is 16.9 Å². The third kappa shape index (κ3) is 4.06. The number of amides is 2. The molecule has 1 aromatic carbocycles. The van der Waals surface area contributed by atoms with Crippen LogP contribution in [0.25, 0.3) is 0 Å². The maximum absolute atomic E-state index is 12.4. The van der Waals surface area contributed by atoms with E-state index in [1.165, 1.54) is 11.3 Å². The van der Waals surface area contributed by atoms with Gasteiger partial charge >= 0.3 is 0 Å². The van der Waals surface area contributed by atoms with Crippen LogP contribution in [-0.4, -0.2) is 28.6 Å². The van der Waals surface area contributed by atoms with Crippen LogP contribution < -0.4 is 10.2 Å². The molecule has 0 bridgehead atoms. The van der Waals surface area contributed by atoms with Gasteiger partial charge in [0.15, 0.2) is 0 Å². The average Bonchev–Trinajstić information content (AvgIpc) is 3.41. The topological polar surface area (TPSA) is 88.3 Å². The molecule has 3 heterocycles. The third-order valence-corrected chi connectivity index (χ3v) is 5.34. The zero-order chi connectivity index (χ0) is 18.6. The molecule has 0 spiro atoms. The Morgan fingerprint density at radius 1 is 1.22 bits per heavy atom. The Hall–Kier alpha value is -3.00. The van der Waals surface area contributed by atoms with Crippen LogP contribution >= 0.6 is 11.3 Å². The monoisotopic (exact) mass is 382 g/mol. The van der Waals surface area contributed by atoms with Crippen molar-refractivity contribution < 1.29 is 14.0 Å². The third-order valence-electron chi connectivity index (χ3n) is 4.40. The van der Waals surface area contributed by atoms with Gasteiger partial charge in [-0.2, -0.15) is 0 Å². The van der Waals surface area contributed by atoms with Gasteiger partial charge < -0.3 is 9.73 Å². The second-order valence-electron chi connectivity index (χ2n) is 6.34. The van der Waals surface area contributed by atoms with Gasteiger partial charge in [0.1, 0.15) is 10.8 Å². The Kier molecular flexibility index (Phi) is 4.97. The molecule has 138 valence electrons. The van der Waals surface area contributed by atoms with Gasteiger partial charge in [-0.15, -0.1) is 10.2 Å². The molecule has 7 nitrogen and oxygen atoms in total. The number of nitrogens with zero attached hydrogens (tertiary/aromatic N) is 3. The number of aromatic nitrogens is 2. The smallest absolute Gasteiger partial charge is 0.229 e. The fourth-order valence-corrected chi connectivity index (χ4v) is 3.90. The highest BCUT2D eigenvalue weighted by Crippen LogP contribution is 2.28. The van der Waals surface area contributed by atoms with E-state index in [4.69, 9.17) is 4.42 Å². The number of hydrogen-bond acceptors (Lipinski definition) is 6. The lowest BCUT2D eigenvalue weighted by molar-refractivity contribution is -0.126. The lowest BCUT2D eigenvalue weighted by atomic mass is 10.1. The Bertz CT molecular complexity index is 924. The van der Waals surface area contributed by atoms with Gasteiger partial charge in [-0.3, -0.25) is 14.5 Å². The normalized spacial score (nSPS) is 16.7. The number of rotatable bonds is 6. The van der Waals surface area contributed by atoms with Crippen molar-refractivity contribution in [1.29, 1.82) is 0 Å². The van der Waals surface area contributed by atoms with Gasteiger partial charge in [-0.05, 0) is 17.7 Å². The van der Waals surface area contributed by atoms with Crippen LogP contribution in [0.1, 0.15) is 22.8 Å². The summed E-state index contributed by atoms with van der Waals surface area (Å²) in [5.41, 5.74) is 1.14. The molecule has 1 aliphatic heterocycles. The second-order valence-corrected chi connectivity index (χ2v) is 7.38. The first-order valence-corrected chi connectivity index (χ1v) is 9.47. The van der Waals surface area contributed by atoms with E-state index in [1.807, 2.05) is 30.3 Å². The highest BCUT2D eigenvalue weighted by Gasteiger charge is 2.36. The molecule has 4 rings (SSSR count). The molecule has 0 aliphatic carbocycles. The predicted octanol–water partition coefficient (Wildman–Crippen LogP) is 2.39. The largest absolute Gasteiger partial charge is 0.467 e. The van der Waals surface area contributed by atoms with Crippen LogP contribution in [0.5, 0.6) is 0 Å². The van der Waals surface area contributed by atoms with Crippen molar-refractivity contribution in [2.24, 2.45) is 5.92 Å². The molecule has 1 saturated heterocycles. The lowest BCUT2D eigenvalue weighted by Crippen LogP contribution is -2.32. The molecule has 1 fully saturated rings. The quantitative estimate of drug-likeness (QED) is 0.707. The SMILES string of the molecule is O=C(NCc1ccco1)C1CC(=O)N(c2nnc(Cc3ccccc3)s2)C1. The Labute approximate surface area is 160 Å². The molecule has 1 atom stereocenters. The van der Waals surface area contributed by atoms with E-state index in [9.17, 15) is 9.59 Å². The van der Waals surface area contributed by atoms with Crippen LogP contribution in [0.15, 0.2) is 53.1 Å². The van der Waals surface area contributed by atoms with E-state index in [0.29, 0.717) is 30.4 Å². The zero-order valence-corrected chi connectivity index (χ0v) is 15.3. The molecule has 2 aromatic heterocycles. The maximum Gasteiger partial charge on any atom is 0.229 e. The number of carbonyl (C=O) groups is 2. The van der Waals surface area contributed by atoms with Crippen molar-refractivity contribution in [2.75, 3.05) is 11.4 Å². The molecule has 3 aromatic rings. The molecule has 0 saturated carbocycles. The molecule has 2 amide bonds. The first-order chi connectivity index (χ1) is 13.2. The summed E-state index contributed by atoms with van der Waals surface area (Å²) in [5.74, 6) is 0.0278. The van der Waals surface area contributed by atoms with E-state index in [2.05, 4.69) is 15.5 Å². The van der Waals surface area contributed by atoms with Crippen molar-refractivity contribution in [3.05, 3.63) is 65.1 Å². The molecule has 1 unspecified atom stereocenters. The van der Waals surface area contributed by atoms with Crippen molar-refractivity contribution in [2.45, 2.75) is 19.4 Å². The summed E-state index contributed by atoms with van der Waals surface area (Å²) >= 11 is 1.39. The number of carbonyl (C=O) groups excluding carboxylic acids is 2. The van der Waals surface area contributed by atoms with Crippen molar-refractivity contribution in [1.82, 2.24) is 15.5 Å². The standard InChI is InChI=1S/C19H18N4O3S/c24-17-10-14(18(25)20-11-15-7-4-8-26-15)12-23(17)19-22-21-16(27-19)9-13-5-2-1-3-6-13/h1-8,14H,9-12H2,(H,20,25). The Balaban J connectivity index is 1.37. The average molecular weight is 382 g/mol.